The first-order chi connectivity index (χ1) is 7.63. The van der Waals surface area contributed by atoms with E-state index in [9.17, 15) is 4.39 Å². The van der Waals surface area contributed by atoms with Crippen molar-refractivity contribution in [1.29, 1.82) is 0 Å². The monoisotopic (exact) mass is 240 g/mol. The lowest BCUT2D eigenvalue weighted by Crippen LogP contribution is -2.04. The first-order valence-electron chi connectivity index (χ1n) is 4.79. The van der Waals surface area contributed by atoms with Crippen LogP contribution in [0.1, 0.15) is 12.6 Å². The van der Waals surface area contributed by atoms with Gasteiger partial charge >= 0.3 is 0 Å². The summed E-state index contributed by atoms with van der Waals surface area (Å²) in [6.45, 7) is 1.90. The number of halogens is 2. The Bertz CT molecular complexity index is 524. The van der Waals surface area contributed by atoms with Gasteiger partial charge in [0.2, 0.25) is 0 Å². The molecule has 0 aliphatic carbocycles. The summed E-state index contributed by atoms with van der Waals surface area (Å²) >= 11 is 5.67. The van der Waals surface area contributed by atoms with Gasteiger partial charge in [0.1, 0.15) is 11.5 Å². The minimum atomic E-state index is -0.452. The number of nitrogen functional groups attached to an aromatic ring is 1. The van der Waals surface area contributed by atoms with Crippen LogP contribution in [0.4, 0.5) is 10.2 Å². The molecule has 0 aliphatic heterocycles. The summed E-state index contributed by atoms with van der Waals surface area (Å²) < 4.78 is 15.0. The fourth-order valence-corrected chi connectivity index (χ4v) is 1.65. The summed E-state index contributed by atoms with van der Waals surface area (Å²) in [5, 5.41) is 7.86. The molecule has 6 heteroatoms. The van der Waals surface area contributed by atoms with Crippen LogP contribution in [0.5, 0.6) is 0 Å². The highest BCUT2D eigenvalue weighted by Crippen LogP contribution is 2.20. The number of aromatic nitrogens is 3. The van der Waals surface area contributed by atoms with Crippen LogP contribution in [0.2, 0.25) is 5.02 Å². The van der Waals surface area contributed by atoms with E-state index in [2.05, 4.69) is 10.3 Å². The van der Waals surface area contributed by atoms with Crippen molar-refractivity contribution in [3.8, 4) is 5.69 Å². The number of nitrogens with zero attached hydrogens (tertiary/aromatic N) is 3. The highest BCUT2D eigenvalue weighted by Gasteiger charge is 2.13. The van der Waals surface area contributed by atoms with E-state index in [1.807, 2.05) is 6.92 Å². The molecule has 1 aromatic heterocycles. The van der Waals surface area contributed by atoms with E-state index < -0.39 is 5.82 Å². The Morgan fingerprint density at radius 3 is 2.88 bits per heavy atom. The molecule has 0 fully saturated rings. The van der Waals surface area contributed by atoms with E-state index in [0.29, 0.717) is 28.6 Å². The molecule has 16 heavy (non-hydrogen) atoms. The predicted octanol–water partition coefficient (Wildman–Crippen LogP) is 2.20. The highest BCUT2D eigenvalue weighted by molar-refractivity contribution is 6.30. The Kier molecular flexibility index (Phi) is 2.78. The molecule has 0 saturated carbocycles. The van der Waals surface area contributed by atoms with E-state index >= 15 is 0 Å². The van der Waals surface area contributed by atoms with Gasteiger partial charge in [-0.25, -0.2) is 9.07 Å². The molecule has 0 bridgehead atoms. The zero-order valence-corrected chi connectivity index (χ0v) is 9.37. The quantitative estimate of drug-likeness (QED) is 0.876. The second-order valence-electron chi connectivity index (χ2n) is 3.28. The average Bonchev–Trinajstić information content (AvgIpc) is 2.59. The molecular weight excluding hydrogens is 231 g/mol. The van der Waals surface area contributed by atoms with Crippen molar-refractivity contribution in [1.82, 2.24) is 15.0 Å². The normalized spacial score (nSPS) is 10.7. The van der Waals surface area contributed by atoms with Gasteiger partial charge in [-0.1, -0.05) is 23.7 Å². The topological polar surface area (TPSA) is 56.7 Å². The van der Waals surface area contributed by atoms with E-state index in [-0.39, 0.29) is 0 Å². The van der Waals surface area contributed by atoms with Gasteiger partial charge in [0.25, 0.3) is 0 Å². The summed E-state index contributed by atoms with van der Waals surface area (Å²) in [7, 11) is 0. The van der Waals surface area contributed by atoms with E-state index in [4.69, 9.17) is 17.3 Å². The molecule has 84 valence electrons. The van der Waals surface area contributed by atoms with Crippen molar-refractivity contribution < 1.29 is 4.39 Å². The SMILES string of the molecule is CCc1c(N)nnn1-c1ccc(Cl)cc1F. The first-order valence-corrected chi connectivity index (χ1v) is 5.16. The number of benzene rings is 1. The third-order valence-electron chi connectivity index (χ3n) is 2.27. The van der Waals surface area contributed by atoms with Crippen molar-refractivity contribution in [2.24, 2.45) is 0 Å². The van der Waals surface area contributed by atoms with Gasteiger partial charge in [0, 0.05) is 5.02 Å². The maximum Gasteiger partial charge on any atom is 0.169 e. The van der Waals surface area contributed by atoms with Crippen molar-refractivity contribution in [3.63, 3.8) is 0 Å². The Balaban J connectivity index is 2.58. The maximum absolute atomic E-state index is 13.6. The van der Waals surface area contributed by atoms with E-state index in [1.165, 1.54) is 10.7 Å². The molecule has 0 spiro atoms. The van der Waals surface area contributed by atoms with Gasteiger partial charge in [-0.2, -0.15) is 0 Å². The minimum Gasteiger partial charge on any atom is -0.381 e. The largest absolute Gasteiger partial charge is 0.381 e. The van der Waals surface area contributed by atoms with Crippen molar-refractivity contribution in [2.75, 3.05) is 5.73 Å². The summed E-state index contributed by atoms with van der Waals surface area (Å²) in [4.78, 5) is 0. The Morgan fingerprint density at radius 2 is 2.25 bits per heavy atom. The Labute approximate surface area is 96.8 Å². The van der Waals surface area contributed by atoms with Crippen LogP contribution in [0.3, 0.4) is 0 Å². The molecule has 0 radical (unpaired) electrons. The van der Waals surface area contributed by atoms with Crippen LogP contribution in [0, 0.1) is 5.82 Å². The van der Waals surface area contributed by atoms with Crippen molar-refractivity contribution in [2.45, 2.75) is 13.3 Å². The second kappa shape index (κ2) is 4.09. The lowest BCUT2D eigenvalue weighted by atomic mass is 10.2. The predicted molar refractivity (Wildman–Crippen MR) is 60.1 cm³/mol. The van der Waals surface area contributed by atoms with Gasteiger partial charge in [0.05, 0.1) is 5.69 Å². The van der Waals surface area contributed by atoms with E-state index in [0.717, 1.165) is 0 Å². The zero-order chi connectivity index (χ0) is 11.7. The molecule has 0 amide bonds. The summed E-state index contributed by atoms with van der Waals surface area (Å²) in [6, 6.07) is 4.37. The highest BCUT2D eigenvalue weighted by atomic mass is 35.5. The van der Waals surface area contributed by atoms with Crippen LogP contribution < -0.4 is 5.73 Å². The molecule has 0 saturated heterocycles. The molecular formula is C10H10ClFN4. The first kappa shape index (κ1) is 10.9. The molecule has 1 heterocycles. The van der Waals surface area contributed by atoms with Gasteiger partial charge in [-0.3, -0.25) is 0 Å². The van der Waals surface area contributed by atoms with Gasteiger partial charge in [-0.15, -0.1) is 5.10 Å². The number of hydrogen-bond acceptors (Lipinski definition) is 3. The second-order valence-corrected chi connectivity index (χ2v) is 3.72. The molecule has 2 aromatic rings. The summed E-state index contributed by atoms with van der Waals surface area (Å²) in [5.41, 5.74) is 6.60. The van der Waals surface area contributed by atoms with Gasteiger partial charge in [-0.05, 0) is 24.6 Å². The Morgan fingerprint density at radius 1 is 1.50 bits per heavy atom. The summed E-state index contributed by atoms with van der Waals surface area (Å²) in [6.07, 6.45) is 0.626. The molecule has 0 atom stereocenters. The summed E-state index contributed by atoms with van der Waals surface area (Å²) in [5.74, 6) is -0.135. The number of anilines is 1. The minimum absolute atomic E-state index is 0.297. The molecule has 4 nitrogen and oxygen atoms in total. The fraction of sp³-hybridized carbons (Fsp3) is 0.200. The molecule has 2 rings (SSSR count). The standard InChI is InChI=1S/C10H10ClFN4/c1-2-8-10(13)14-15-16(8)9-4-3-6(11)5-7(9)12/h3-5H,2,13H2,1H3. The van der Waals surface area contributed by atoms with E-state index in [1.54, 1.807) is 12.1 Å². The van der Waals surface area contributed by atoms with Gasteiger partial charge in [0.15, 0.2) is 5.82 Å². The van der Waals surface area contributed by atoms with Crippen molar-refractivity contribution >= 4 is 17.4 Å². The maximum atomic E-state index is 13.6. The average molecular weight is 241 g/mol. The smallest absolute Gasteiger partial charge is 0.169 e. The van der Waals surface area contributed by atoms with Crippen LogP contribution in [0.25, 0.3) is 5.69 Å². The zero-order valence-electron chi connectivity index (χ0n) is 8.61. The third kappa shape index (κ3) is 1.74. The molecule has 2 N–H and O–H groups in total. The number of rotatable bonds is 2. The number of hydrogen-bond donors (Lipinski definition) is 1. The molecule has 0 unspecified atom stereocenters. The van der Waals surface area contributed by atoms with Crippen LogP contribution in [0.15, 0.2) is 18.2 Å². The molecule has 0 aliphatic rings. The fourth-order valence-electron chi connectivity index (χ4n) is 1.49. The van der Waals surface area contributed by atoms with Crippen LogP contribution in [-0.4, -0.2) is 15.0 Å². The van der Waals surface area contributed by atoms with Crippen molar-refractivity contribution in [3.05, 3.63) is 34.7 Å². The van der Waals surface area contributed by atoms with Gasteiger partial charge < -0.3 is 5.73 Å². The lowest BCUT2D eigenvalue weighted by molar-refractivity contribution is 0.603. The molecule has 1 aromatic carbocycles. The number of nitrogens with two attached hydrogens (primary N) is 1. The lowest BCUT2D eigenvalue weighted by Gasteiger charge is -2.06. The van der Waals surface area contributed by atoms with Crippen LogP contribution >= 0.6 is 11.6 Å². The Hall–Kier alpha value is -1.62. The third-order valence-corrected chi connectivity index (χ3v) is 2.50. The van der Waals surface area contributed by atoms with Crippen LogP contribution in [-0.2, 0) is 6.42 Å².